The van der Waals surface area contributed by atoms with Gasteiger partial charge in [-0.05, 0) is 38.3 Å². The van der Waals surface area contributed by atoms with Gasteiger partial charge in [-0.2, -0.15) is 0 Å². The maximum Gasteiger partial charge on any atom is 0.251 e. The van der Waals surface area contributed by atoms with Crippen LogP contribution in [0.2, 0.25) is 0 Å². The highest BCUT2D eigenvalue weighted by Crippen LogP contribution is 2.20. The molecule has 0 amide bonds. The van der Waals surface area contributed by atoms with Gasteiger partial charge in [-0.1, -0.05) is 19.1 Å². The van der Waals surface area contributed by atoms with Crippen LogP contribution in [0.1, 0.15) is 36.6 Å². The highest BCUT2D eigenvalue weighted by atomic mass is 16.3. The minimum atomic E-state index is -0.136. The van der Waals surface area contributed by atoms with Crippen LogP contribution in [0.25, 0.3) is 5.70 Å². The summed E-state index contributed by atoms with van der Waals surface area (Å²) in [6.07, 6.45) is 8.64. The molecule has 1 fully saturated rings. The van der Waals surface area contributed by atoms with Crippen LogP contribution in [-0.4, -0.2) is 46.8 Å². The molecular weight excluding hydrogens is 302 g/mol. The smallest absolute Gasteiger partial charge is 0.251 e. The number of hydrogen-bond acceptors (Lipinski definition) is 4. The van der Waals surface area contributed by atoms with Gasteiger partial charge in [0.05, 0.1) is 12.1 Å². The van der Waals surface area contributed by atoms with Gasteiger partial charge in [0, 0.05) is 42.2 Å². The lowest BCUT2D eigenvalue weighted by Crippen LogP contribution is -2.44. The van der Waals surface area contributed by atoms with Gasteiger partial charge in [0.15, 0.2) is 0 Å². The molecule has 3 N–H and O–H groups in total. The standard InChI is InChI=1S/C19H27N3O2/c1-3-14-11-17(13(2)20-19(14)24)18-6-4-5-15(21-18)12-22-9-7-16(23)8-10-22/h4-6,11,15-16,21,23H,3,7-10,12H2,1-2H3,(H,20,24). The molecule has 3 rings (SSSR count). The van der Waals surface area contributed by atoms with Crippen LogP contribution in [-0.2, 0) is 6.42 Å². The molecule has 24 heavy (non-hydrogen) atoms. The molecule has 1 aromatic heterocycles. The third-order valence-corrected chi connectivity index (χ3v) is 4.95. The lowest BCUT2D eigenvalue weighted by molar-refractivity contribution is 0.0807. The number of aromatic amines is 1. The Morgan fingerprint density at radius 3 is 2.79 bits per heavy atom. The van der Waals surface area contributed by atoms with Crippen molar-refractivity contribution >= 4 is 5.70 Å². The van der Waals surface area contributed by atoms with E-state index in [4.69, 9.17) is 0 Å². The number of allylic oxidation sites excluding steroid dienone is 2. The first-order valence-electron chi connectivity index (χ1n) is 8.85. The Labute approximate surface area is 143 Å². The van der Waals surface area contributed by atoms with Crippen LogP contribution < -0.4 is 10.9 Å². The van der Waals surface area contributed by atoms with Crippen molar-refractivity contribution in [2.24, 2.45) is 0 Å². The van der Waals surface area contributed by atoms with E-state index in [2.05, 4.69) is 33.4 Å². The Morgan fingerprint density at radius 1 is 1.33 bits per heavy atom. The fourth-order valence-corrected chi connectivity index (χ4v) is 3.44. The molecular formula is C19H27N3O2. The summed E-state index contributed by atoms with van der Waals surface area (Å²) in [5.41, 5.74) is 3.84. The number of aromatic nitrogens is 1. The number of H-pyrrole nitrogens is 1. The molecule has 0 bridgehead atoms. The first kappa shape index (κ1) is 17.0. The van der Waals surface area contributed by atoms with Crippen LogP contribution in [0.5, 0.6) is 0 Å². The molecule has 0 spiro atoms. The van der Waals surface area contributed by atoms with Crippen LogP contribution >= 0.6 is 0 Å². The van der Waals surface area contributed by atoms with E-state index >= 15 is 0 Å². The minimum Gasteiger partial charge on any atom is -0.393 e. The molecule has 2 aliphatic heterocycles. The van der Waals surface area contributed by atoms with Crippen molar-refractivity contribution in [3.05, 3.63) is 51.5 Å². The van der Waals surface area contributed by atoms with Gasteiger partial charge >= 0.3 is 0 Å². The van der Waals surface area contributed by atoms with Crippen molar-refractivity contribution < 1.29 is 5.11 Å². The van der Waals surface area contributed by atoms with E-state index in [9.17, 15) is 9.90 Å². The number of piperidine rings is 1. The summed E-state index contributed by atoms with van der Waals surface area (Å²) >= 11 is 0. The quantitative estimate of drug-likeness (QED) is 0.784. The number of aliphatic hydroxyl groups is 1. The van der Waals surface area contributed by atoms with Crippen molar-refractivity contribution in [1.82, 2.24) is 15.2 Å². The van der Waals surface area contributed by atoms with Crippen molar-refractivity contribution in [3.8, 4) is 0 Å². The summed E-state index contributed by atoms with van der Waals surface area (Å²) in [4.78, 5) is 17.3. The second-order valence-electron chi connectivity index (χ2n) is 6.76. The Kier molecular flexibility index (Phi) is 5.21. The number of aliphatic hydroxyl groups excluding tert-OH is 1. The maximum atomic E-state index is 11.9. The number of likely N-dealkylation sites (tertiary alicyclic amines) is 1. The van der Waals surface area contributed by atoms with E-state index < -0.39 is 0 Å². The Hall–Kier alpha value is -1.85. The average molecular weight is 329 g/mol. The van der Waals surface area contributed by atoms with E-state index in [1.54, 1.807) is 0 Å². The summed E-state index contributed by atoms with van der Waals surface area (Å²) in [5, 5.41) is 13.2. The molecule has 130 valence electrons. The fourth-order valence-electron chi connectivity index (χ4n) is 3.44. The van der Waals surface area contributed by atoms with E-state index in [0.717, 1.165) is 61.4 Å². The van der Waals surface area contributed by atoms with Gasteiger partial charge in [-0.3, -0.25) is 4.79 Å². The van der Waals surface area contributed by atoms with Gasteiger partial charge in [-0.15, -0.1) is 0 Å². The molecule has 5 heteroatoms. The molecule has 0 radical (unpaired) electrons. The average Bonchev–Trinajstić information content (AvgIpc) is 2.57. The summed E-state index contributed by atoms with van der Waals surface area (Å²) in [6.45, 7) is 6.77. The van der Waals surface area contributed by atoms with E-state index in [1.165, 1.54) is 0 Å². The number of nitrogens with one attached hydrogen (secondary N) is 2. The first-order valence-corrected chi connectivity index (χ1v) is 8.85. The number of dihydropyridines is 1. The lowest BCUT2D eigenvalue weighted by Gasteiger charge is -2.33. The van der Waals surface area contributed by atoms with Crippen molar-refractivity contribution in [1.29, 1.82) is 0 Å². The summed E-state index contributed by atoms with van der Waals surface area (Å²) in [7, 11) is 0. The normalized spacial score (nSPS) is 22.3. The van der Waals surface area contributed by atoms with Gasteiger partial charge < -0.3 is 20.3 Å². The van der Waals surface area contributed by atoms with Gasteiger partial charge in [0.25, 0.3) is 5.56 Å². The fraction of sp³-hybridized carbons (Fsp3) is 0.526. The van der Waals surface area contributed by atoms with Gasteiger partial charge in [0.2, 0.25) is 0 Å². The Bertz CT molecular complexity index is 697. The van der Waals surface area contributed by atoms with E-state index in [-0.39, 0.29) is 17.7 Å². The predicted octanol–water partition coefficient (Wildman–Crippen LogP) is 1.57. The number of rotatable bonds is 4. The zero-order valence-electron chi connectivity index (χ0n) is 14.5. The van der Waals surface area contributed by atoms with Gasteiger partial charge in [0.1, 0.15) is 0 Å². The molecule has 1 unspecified atom stereocenters. The van der Waals surface area contributed by atoms with Crippen LogP contribution in [0.15, 0.2) is 29.1 Å². The minimum absolute atomic E-state index is 0.00845. The highest BCUT2D eigenvalue weighted by molar-refractivity contribution is 5.69. The van der Waals surface area contributed by atoms with Gasteiger partial charge in [-0.25, -0.2) is 0 Å². The van der Waals surface area contributed by atoms with E-state index in [0.29, 0.717) is 0 Å². The van der Waals surface area contributed by atoms with Crippen LogP contribution in [0.3, 0.4) is 0 Å². The van der Waals surface area contributed by atoms with Crippen LogP contribution in [0, 0.1) is 6.92 Å². The zero-order chi connectivity index (χ0) is 17.1. The molecule has 5 nitrogen and oxygen atoms in total. The molecule has 0 aromatic carbocycles. The van der Waals surface area contributed by atoms with Crippen LogP contribution in [0.4, 0.5) is 0 Å². The molecule has 0 aliphatic carbocycles. The molecule has 1 saturated heterocycles. The molecule has 2 aliphatic rings. The third kappa shape index (κ3) is 3.79. The second-order valence-corrected chi connectivity index (χ2v) is 6.76. The molecule has 3 heterocycles. The molecule has 0 saturated carbocycles. The number of aryl methyl sites for hydroxylation is 2. The Morgan fingerprint density at radius 2 is 2.08 bits per heavy atom. The topological polar surface area (TPSA) is 68.4 Å². The molecule has 1 aromatic rings. The van der Waals surface area contributed by atoms with Crippen molar-refractivity contribution in [2.45, 2.75) is 45.3 Å². The first-order chi connectivity index (χ1) is 11.6. The summed E-state index contributed by atoms with van der Waals surface area (Å²) in [6, 6.07) is 2.25. The maximum absolute atomic E-state index is 11.9. The Balaban J connectivity index is 1.71. The largest absolute Gasteiger partial charge is 0.393 e. The van der Waals surface area contributed by atoms with E-state index in [1.807, 2.05) is 19.9 Å². The number of pyridine rings is 1. The van der Waals surface area contributed by atoms with Crippen molar-refractivity contribution in [2.75, 3.05) is 19.6 Å². The molecule has 1 atom stereocenters. The third-order valence-electron chi connectivity index (χ3n) is 4.95. The lowest BCUT2D eigenvalue weighted by atomic mass is 10.0. The summed E-state index contributed by atoms with van der Waals surface area (Å²) in [5.74, 6) is 0. The number of nitrogens with zero attached hydrogens (tertiary/aromatic N) is 1. The van der Waals surface area contributed by atoms with Crippen molar-refractivity contribution in [3.63, 3.8) is 0 Å². The zero-order valence-corrected chi connectivity index (χ0v) is 14.5. The predicted molar refractivity (Wildman–Crippen MR) is 96.9 cm³/mol. The SMILES string of the molecule is CCc1cc(C2=CC=CC(CN3CCC(O)CC3)N2)c(C)[nH]c1=O. The summed E-state index contributed by atoms with van der Waals surface area (Å²) < 4.78 is 0. The highest BCUT2D eigenvalue weighted by Gasteiger charge is 2.21. The second kappa shape index (κ2) is 7.36. The number of hydrogen-bond donors (Lipinski definition) is 3. The monoisotopic (exact) mass is 329 g/mol.